The molecule has 32 heavy (non-hydrogen) atoms. The molecule has 3 aromatic rings. The van der Waals surface area contributed by atoms with Crippen LogP contribution in [-0.2, 0) is 32.3 Å². The molecule has 0 amide bonds. The molecule has 1 atom stereocenters. The normalized spacial score (nSPS) is 11.1. The van der Waals surface area contributed by atoms with E-state index in [1.165, 1.54) is 27.8 Å². The van der Waals surface area contributed by atoms with Gasteiger partial charge in [-0.15, -0.1) is 11.6 Å². The average Bonchev–Trinajstić information content (AvgIpc) is 3.28. The minimum atomic E-state index is 0. The van der Waals surface area contributed by atoms with Crippen molar-refractivity contribution in [3.05, 3.63) is 159 Å². The molecule has 0 saturated carbocycles. The van der Waals surface area contributed by atoms with Gasteiger partial charge in [-0.1, -0.05) is 59.9 Å². The Bertz CT molecular complexity index is 766. The Kier molecular flexibility index (Phi) is 31.2. The molecular formula is C31H45Hf-9. The summed E-state index contributed by atoms with van der Waals surface area (Å²) in [7, 11) is 0. The number of fused-ring (bicyclic) bond motifs is 1. The second-order valence-electron chi connectivity index (χ2n) is 6.42. The van der Waals surface area contributed by atoms with Crippen molar-refractivity contribution in [2.24, 2.45) is 0 Å². The van der Waals surface area contributed by atoms with Gasteiger partial charge in [-0.25, -0.2) is 18.2 Å². The molecule has 3 aromatic carbocycles. The fourth-order valence-corrected chi connectivity index (χ4v) is 3.08. The van der Waals surface area contributed by atoms with E-state index in [0.29, 0.717) is 5.92 Å². The van der Waals surface area contributed by atoms with Crippen LogP contribution in [0.3, 0.4) is 0 Å². The van der Waals surface area contributed by atoms with Gasteiger partial charge < -0.3 is 52.0 Å². The molecule has 182 valence electrons. The fourth-order valence-electron chi connectivity index (χ4n) is 3.08. The van der Waals surface area contributed by atoms with E-state index in [9.17, 15) is 0 Å². The summed E-state index contributed by atoms with van der Waals surface area (Å²) >= 11 is 0. The number of rotatable bonds is 3. The number of hydrogen-bond acceptors (Lipinski definition) is 0. The summed E-state index contributed by atoms with van der Waals surface area (Å²) in [5.41, 5.74) is 7.00. The topological polar surface area (TPSA) is 0 Å². The Balaban J connectivity index is -0.000000117. The first-order chi connectivity index (χ1) is 11.7. The predicted molar refractivity (Wildman–Crippen MR) is 148 cm³/mol. The Labute approximate surface area is 222 Å². The maximum atomic E-state index is 3.52. The molecule has 0 saturated heterocycles. The molecule has 0 fully saturated rings. The van der Waals surface area contributed by atoms with Crippen LogP contribution in [-0.4, -0.2) is 0 Å². The summed E-state index contributed by atoms with van der Waals surface area (Å²) in [6.07, 6.45) is 7.96. The standard InChI is InChI=1S/C19H19.C5H5.7CH3.Hf/c1-14-12-18-11-10-17(19(18)13-15(14)2)9-8-16-6-4-3-5-7-16;1-2-4-5-3-1;;;;;;;;/h3-7,11-13,17H,8-9H2,1-2H3;1-5H;7*1H3;/q9*-1;. The third-order valence-electron chi connectivity index (χ3n) is 4.63. The van der Waals surface area contributed by atoms with Gasteiger partial charge in [0.1, 0.15) is 0 Å². The van der Waals surface area contributed by atoms with Crippen LogP contribution in [0.5, 0.6) is 0 Å². The molecule has 0 heterocycles. The van der Waals surface area contributed by atoms with Crippen LogP contribution in [0.2, 0.25) is 0 Å². The van der Waals surface area contributed by atoms with Crippen molar-refractivity contribution in [1.29, 1.82) is 0 Å². The van der Waals surface area contributed by atoms with E-state index in [1.54, 1.807) is 0 Å². The van der Waals surface area contributed by atoms with Crippen molar-refractivity contribution < 1.29 is 25.8 Å². The van der Waals surface area contributed by atoms with Crippen molar-refractivity contribution >= 4 is 6.08 Å². The number of benzene rings is 2. The molecule has 0 radical (unpaired) electrons. The van der Waals surface area contributed by atoms with Crippen LogP contribution < -0.4 is 0 Å². The second kappa shape index (κ2) is 22.6. The molecule has 4 rings (SSSR count). The van der Waals surface area contributed by atoms with Crippen molar-refractivity contribution in [3.8, 4) is 0 Å². The smallest absolute Gasteiger partial charge is 0 e. The maximum Gasteiger partial charge on any atom is 0 e. The molecule has 1 aliphatic carbocycles. The zero-order valence-corrected chi connectivity index (χ0v) is 25.6. The Morgan fingerprint density at radius 1 is 0.750 bits per heavy atom. The van der Waals surface area contributed by atoms with Crippen LogP contribution in [0, 0.1) is 71.9 Å². The summed E-state index contributed by atoms with van der Waals surface area (Å²) in [6, 6.07) is 25.4. The summed E-state index contributed by atoms with van der Waals surface area (Å²) < 4.78 is 0. The van der Waals surface area contributed by atoms with Gasteiger partial charge in [0.2, 0.25) is 0 Å². The monoisotopic (exact) mass is 597 g/mol. The largest absolute Gasteiger partial charge is 0.358 e. The van der Waals surface area contributed by atoms with Crippen LogP contribution in [0.1, 0.15) is 40.2 Å². The van der Waals surface area contributed by atoms with Gasteiger partial charge in [0.25, 0.3) is 0 Å². The molecule has 1 unspecified atom stereocenters. The van der Waals surface area contributed by atoms with E-state index >= 15 is 0 Å². The number of hydrogen-bond donors (Lipinski definition) is 0. The molecule has 0 spiro atoms. The third-order valence-corrected chi connectivity index (χ3v) is 4.63. The maximum absolute atomic E-state index is 3.52. The molecule has 1 heteroatoms. The molecular weight excluding hydrogens is 551 g/mol. The van der Waals surface area contributed by atoms with E-state index < -0.39 is 0 Å². The van der Waals surface area contributed by atoms with Gasteiger partial charge in [-0.3, -0.25) is 6.08 Å². The van der Waals surface area contributed by atoms with Crippen LogP contribution >= 0.6 is 0 Å². The van der Waals surface area contributed by atoms with E-state index in [2.05, 4.69) is 68.5 Å². The minimum absolute atomic E-state index is 0. The molecule has 0 aromatic heterocycles. The SMILES string of the molecule is Cc1cc2c(cc1C)C(CCc1ccccc1)[C-]=C2.[CH3-].[CH3-].[CH3-].[CH3-].[CH3-].[CH3-].[CH3-].[Hf].c1cc[cH-]c1. The van der Waals surface area contributed by atoms with Gasteiger partial charge in [0.15, 0.2) is 0 Å². The first kappa shape index (κ1) is 44.1. The number of aryl methyl sites for hydroxylation is 3. The Morgan fingerprint density at radius 2 is 1.28 bits per heavy atom. The van der Waals surface area contributed by atoms with Crippen LogP contribution in [0.25, 0.3) is 6.08 Å². The summed E-state index contributed by atoms with van der Waals surface area (Å²) in [5.74, 6) is 0.467. The van der Waals surface area contributed by atoms with E-state index in [4.69, 9.17) is 0 Å². The van der Waals surface area contributed by atoms with Gasteiger partial charge in [0, 0.05) is 25.8 Å². The predicted octanol–water partition coefficient (Wildman–Crippen LogP) is 9.40. The van der Waals surface area contributed by atoms with Gasteiger partial charge in [-0.2, -0.15) is 23.8 Å². The minimum Gasteiger partial charge on any atom is -0.358 e. The van der Waals surface area contributed by atoms with Crippen LogP contribution in [0.15, 0.2) is 72.8 Å². The molecule has 0 N–H and O–H groups in total. The van der Waals surface area contributed by atoms with E-state index in [1.807, 2.05) is 30.3 Å². The van der Waals surface area contributed by atoms with Crippen molar-refractivity contribution in [2.75, 3.05) is 0 Å². The van der Waals surface area contributed by atoms with E-state index in [0.717, 1.165) is 12.8 Å². The average molecular weight is 596 g/mol. The first-order valence-corrected chi connectivity index (χ1v) is 8.65. The molecule has 0 nitrogen and oxygen atoms in total. The quantitative estimate of drug-likeness (QED) is 0.209. The van der Waals surface area contributed by atoms with Crippen molar-refractivity contribution in [2.45, 2.75) is 32.6 Å². The second-order valence-corrected chi connectivity index (χ2v) is 6.42. The summed E-state index contributed by atoms with van der Waals surface area (Å²) in [6.45, 7) is 4.38. The van der Waals surface area contributed by atoms with Crippen molar-refractivity contribution in [3.63, 3.8) is 0 Å². The zero-order chi connectivity index (χ0) is 16.8. The van der Waals surface area contributed by atoms with Crippen LogP contribution in [0.4, 0.5) is 0 Å². The van der Waals surface area contributed by atoms with Crippen molar-refractivity contribution in [1.82, 2.24) is 0 Å². The van der Waals surface area contributed by atoms with Gasteiger partial charge in [-0.05, 0) is 25.8 Å². The number of allylic oxidation sites excluding steroid dienone is 1. The van der Waals surface area contributed by atoms with Gasteiger partial charge >= 0.3 is 0 Å². The Morgan fingerprint density at radius 3 is 1.78 bits per heavy atom. The molecule has 0 aliphatic heterocycles. The first-order valence-electron chi connectivity index (χ1n) is 8.65. The summed E-state index contributed by atoms with van der Waals surface area (Å²) in [5, 5.41) is 0. The Hall–Kier alpha value is -1.60. The third kappa shape index (κ3) is 12.4. The fraction of sp³-hybridized carbons (Fsp3) is 0.161. The zero-order valence-electron chi connectivity index (χ0n) is 22.0. The van der Waals surface area contributed by atoms with E-state index in [-0.39, 0.29) is 77.8 Å². The van der Waals surface area contributed by atoms with Gasteiger partial charge in [0.05, 0.1) is 0 Å². The molecule has 0 bridgehead atoms. The summed E-state index contributed by atoms with van der Waals surface area (Å²) in [4.78, 5) is 0. The molecule has 1 aliphatic rings.